The maximum absolute atomic E-state index is 13.1. The molecule has 0 saturated heterocycles. The summed E-state index contributed by atoms with van der Waals surface area (Å²) in [5.41, 5.74) is 0.0872. The fourth-order valence-corrected chi connectivity index (χ4v) is 1.94. The zero-order valence-corrected chi connectivity index (χ0v) is 11.3. The summed E-state index contributed by atoms with van der Waals surface area (Å²) in [7, 11) is 0. The van der Waals surface area contributed by atoms with Gasteiger partial charge in [-0.2, -0.15) is 0 Å². The minimum Gasteiger partial charge on any atom is -0.480 e. The second kappa shape index (κ2) is 6.49. The Kier molecular flexibility index (Phi) is 5.27. The molecule has 0 aliphatic heterocycles. The summed E-state index contributed by atoms with van der Waals surface area (Å²) in [5.74, 6) is -2.26. The van der Waals surface area contributed by atoms with Gasteiger partial charge in [-0.05, 0) is 24.6 Å². The molecule has 1 aromatic carbocycles. The van der Waals surface area contributed by atoms with Crippen molar-refractivity contribution in [3.05, 3.63) is 34.1 Å². The van der Waals surface area contributed by atoms with Crippen molar-refractivity contribution in [2.24, 2.45) is 0 Å². The average Bonchev–Trinajstić information content (AvgIpc) is 2.26. The number of nitrogens with one attached hydrogen (secondary N) is 1. The number of rotatable bonds is 5. The highest BCUT2D eigenvalue weighted by molar-refractivity contribution is 9.10. The van der Waals surface area contributed by atoms with Crippen molar-refractivity contribution in [3.63, 3.8) is 0 Å². The third-order valence-corrected chi connectivity index (χ3v) is 2.76. The quantitative estimate of drug-likeness (QED) is 0.877. The molecule has 0 aliphatic rings. The van der Waals surface area contributed by atoms with Crippen molar-refractivity contribution >= 4 is 27.8 Å². The molecule has 0 aliphatic carbocycles. The number of halogens is 2. The van der Waals surface area contributed by atoms with Gasteiger partial charge in [0.15, 0.2) is 0 Å². The minimum atomic E-state index is -1.10. The number of carbonyl (C=O) groups is 2. The summed E-state index contributed by atoms with van der Waals surface area (Å²) in [6.45, 7) is 1.82. The van der Waals surface area contributed by atoms with Crippen LogP contribution in [0.2, 0.25) is 0 Å². The summed E-state index contributed by atoms with van der Waals surface area (Å²) >= 11 is 3.07. The van der Waals surface area contributed by atoms with E-state index in [0.29, 0.717) is 17.3 Å². The predicted octanol–water partition coefficient (Wildman–Crippen LogP) is 2.57. The van der Waals surface area contributed by atoms with Gasteiger partial charge in [-0.3, -0.25) is 4.79 Å². The predicted molar refractivity (Wildman–Crippen MR) is 67.9 cm³/mol. The van der Waals surface area contributed by atoms with Crippen LogP contribution >= 0.6 is 15.9 Å². The van der Waals surface area contributed by atoms with Gasteiger partial charge in [-0.1, -0.05) is 29.3 Å². The van der Waals surface area contributed by atoms with E-state index in [0.717, 1.165) is 6.07 Å². The largest absolute Gasteiger partial charge is 0.480 e. The molecule has 0 unspecified atom stereocenters. The SMILES string of the molecule is CCC[C@H](NC(=O)c1cc(F)cc(Br)c1)C(=O)O. The molecule has 0 aromatic heterocycles. The standard InChI is InChI=1S/C12H13BrFNO3/c1-2-3-10(12(17)18)15-11(16)7-4-8(13)6-9(14)5-7/h4-6,10H,2-3H2,1H3,(H,15,16)(H,17,18)/t10-/m0/s1. The van der Waals surface area contributed by atoms with Crippen LogP contribution in [0.4, 0.5) is 4.39 Å². The van der Waals surface area contributed by atoms with E-state index in [1.54, 1.807) is 0 Å². The molecular weight excluding hydrogens is 305 g/mol. The van der Waals surface area contributed by atoms with Crippen molar-refractivity contribution in [2.75, 3.05) is 0 Å². The molecule has 0 heterocycles. The van der Waals surface area contributed by atoms with Gasteiger partial charge < -0.3 is 10.4 Å². The molecule has 1 amide bonds. The van der Waals surface area contributed by atoms with Crippen LogP contribution in [0, 0.1) is 5.82 Å². The highest BCUT2D eigenvalue weighted by Gasteiger charge is 2.20. The fourth-order valence-electron chi connectivity index (χ4n) is 1.47. The Morgan fingerprint density at radius 1 is 1.44 bits per heavy atom. The van der Waals surface area contributed by atoms with E-state index in [4.69, 9.17) is 5.11 Å². The van der Waals surface area contributed by atoms with E-state index in [2.05, 4.69) is 21.2 Å². The second-order valence-electron chi connectivity index (χ2n) is 3.81. The van der Waals surface area contributed by atoms with Crippen LogP contribution in [0.25, 0.3) is 0 Å². The normalized spacial score (nSPS) is 11.9. The molecule has 1 rings (SSSR count). The Morgan fingerprint density at radius 3 is 2.61 bits per heavy atom. The minimum absolute atomic E-state index is 0.0872. The zero-order valence-electron chi connectivity index (χ0n) is 9.74. The molecule has 0 saturated carbocycles. The Balaban J connectivity index is 2.83. The first-order valence-corrected chi connectivity index (χ1v) is 6.23. The summed E-state index contributed by atoms with van der Waals surface area (Å²) in [6, 6.07) is 2.76. The number of hydrogen-bond donors (Lipinski definition) is 2. The number of carboxylic acid groups (broad SMARTS) is 1. The topological polar surface area (TPSA) is 66.4 Å². The van der Waals surface area contributed by atoms with E-state index in [1.165, 1.54) is 12.1 Å². The smallest absolute Gasteiger partial charge is 0.326 e. The molecule has 0 spiro atoms. The summed E-state index contributed by atoms with van der Waals surface area (Å²) < 4.78 is 13.5. The third kappa shape index (κ3) is 4.10. The molecule has 1 aromatic rings. The van der Waals surface area contributed by atoms with Gasteiger partial charge in [-0.25, -0.2) is 9.18 Å². The van der Waals surface area contributed by atoms with Gasteiger partial charge >= 0.3 is 5.97 Å². The van der Waals surface area contributed by atoms with Gasteiger partial charge in [0.1, 0.15) is 11.9 Å². The number of carboxylic acids is 1. The third-order valence-electron chi connectivity index (χ3n) is 2.31. The number of aliphatic carboxylic acids is 1. The highest BCUT2D eigenvalue weighted by Crippen LogP contribution is 2.15. The maximum Gasteiger partial charge on any atom is 0.326 e. The van der Waals surface area contributed by atoms with Crippen molar-refractivity contribution < 1.29 is 19.1 Å². The summed E-state index contributed by atoms with van der Waals surface area (Å²) in [6.07, 6.45) is 0.960. The first kappa shape index (κ1) is 14.6. The summed E-state index contributed by atoms with van der Waals surface area (Å²) in [5, 5.41) is 11.3. The molecule has 98 valence electrons. The maximum atomic E-state index is 13.1. The Bertz CT molecular complexity index is 444. The van der Waals surface area contributed by atoms with Gasteiger partial charge in [0.05, 0.1) is 0 Å². The summed E-state index contributed by atoms with van der Waals surface area (Å²) in [4.78, 5) is 22.7. The van der Waals surface area contributed by atoms with Crippen LogP contribution in [0.3, 0.4) is 0 Å². The highest BCUT2D eigenvalue weighted by atomic mass is 79.9. The van der Waals surface area contributed by atoms with Gasteiger partial charge in [0, 0.05) is 10.0 Å². The first-order valence-electron chi connectivity index (χ1n) is 5.43. The van der Waals surface area contributed by atoms with Crippen LogP contribution in [-0.2, 0) is 4.79 Å². The monoisotopic (exact) mass is 317 g/mol. The Labute approximate surface area is 112 Å². The first-order chi connectivity index (χ1) is 8.43. The van der Waals surface area contributed by atoms with E-state index >= 15 is 0 Å². The second-order valence-corrected chi connectivity index (χ2v) is 4.73. The number of benzene rings is 1. The van der Waals surface area contributed by atoms with Gasteiger partial charge in [0.25, 0.3) is 5.91 Å². The number of amides is 1. The van der Waals surface area contributed by atoms with Crippen LogP contribution in [0.15, 0.2) is 22.7 Å². The molecule has 4 nitrogen and oxygen atoms in total. The molecule has 0 radical (unpaired) electrons. The number of hydrogen-bond acceptors (Lipinski definition) is 2. The van der Waals surface area contributed by atoms with Crippen LogP contribution in [0.5, 0.6) is 0 Å². The lowest BCUT2D eigenvalue weighted by Crippen LogP contribution is -2.40. The van der Waals surface area contributed by atoms with E-state index in [1.807, 2.05) is 6.92 Å². The molecular formula is C12H13BrFNO3. The lowest BCUT2D eigenvalue weighted by molar-refractivity contribution is -0.139. The molecule has 0 fully saturated rings. The van der Waals surface area contributed by atoms with Crippen molar-refractivity contribution in [1.29, 1.82) is 0 Å². The van der Waals surface area contributed by atoms with E-state index in [-0.39, 0.29) is 5.56 Å². The van der Waals surface area contributed by atoms with Crippen molar-refractivity contribution in [1.82, 2.24) is 5.32 Å². The van der Waals surface area contributed by atoms with Crippen molar-refractivity contribution in [3.8, 4) is 0 Å². The van der Waals surface area contributed by atoms with Crippen LogP contribution in [0.1, 0.15) is 30.1 Å². The van der Waals surface area contributed by atoms with E-state index in [9.17, 15) is 14.0 Å². The van der Waals surface area contributed by atoms with Crippen LogP contribution < -0.4 is 5.32 Å². The number of carbonyl (C=O) groups excluding carboxylic acids is 1. The van der Waals surface area contributed by atoms with Crippen molar-refractivity contribution in [2.45, 2.75) is 25.8 Å². The fraction of sp³-hybridized carbons (Fsp3) is 0.333. The average molecular weight is 318 g/mol. The zero-order chi connectivity index (χ0) is 13.7. The van der Waals surface area contributed by atoms with Crippen LogP contribution in [-0.4, -0.2) is 23.0 Å². The molecule has 18 heavy (non-hydrogen) atoms. The molecule has 0 bridgehead atoms. The lowest BCUT2D eigenvalue weighted by Gasteiger charge is -2.13. The molecule has 1 atom stereocenters. The molecule has 2 N–H and O–H groups in total. The van der Waals surface area contributed by atoms with E-state index < -0.39 is 23.7 Å². The lowest BCUT2D eigenvalue weighted by atomic mass is 10.1. The van der Waals surface area contributed by atoms with Gasteiger partial charge in [-0.15, -0.1) is 0 Å². The Morgan fingerprint density at radius 2 is 2.11 bits per heavy atom. The Hall–Kier alpha value is -1.43. The molecule has 6 heteroatoms. The van der Waals surface area contributed by atoms with Gasteiger partial charge in [0.2, 0.25) is 0 Å².